The number of benzene rings is 2. The zero-order valence-corrected chi connectivity index (χ0v) is 14.2. The number of aromatic nitrogens is 1. The molecule has 1 heterocycles. The summed E-state index contributed by atoms with van der Waals surface area (Å²) in [7, 11) is 0. The van der Waals surface area contributed by atoms with E-state index in [1.54, 1.807) is 12.1 Å². The van der Waals surface area contributed by atoms with Crippen molar-refractivity contribution in [3.63, 3.8) is 0 Å². The number of unbranched alkanes of at least 4 members (excludes halogenated alkanes) is 1. The van der Waals surface area contributed by atoms with E-state index >= 15 is 0 Å². The standard InChI is InChI=1S/C19H18ClF3N2/c20-14-7-4-12(5-8-14)18-15(3-1-2-10-24)16-11-13(19(21,22)23)6-9-17(16)25-18/h4-9,11,25H,1-3,10,24H2. The highest BCUT2D eigenvalue weighted by atomic mass is 35.5. The number of hydrogen-bond acceptors (Lipinski definition) is 1. The lowest BCUT2D eigenvalue weighted by Crippen LogP contribution is -2.04. The smallest absolute Gasteiger partial charge is 0.354 e. The molecular weight excluding hydrogens is 349 g/mol. The Kier molecular flexibility index (Phi) is 5.06. The van der Waals surface area contributed by atoms with Crippen LogP contribution >= 0.6 is 11.6 Å². The number of aryl methyl sites for hydroxylation is 1. The van der Waals surface area contributed by atoms with Gasteiger partial charge in [-0.1, -0.05) is 23.7 Å². The quantitative estimate of drug-likeness (QED) is 0.551. The van der Waals surface area contributed by atoms with E-state index in [-0.39, 0.29) is 0 Å². The molecule has 0 unspecified atom stereocenters. The lowest BCUT2D eigenvalue weighted by molar-refractivity contribution is -0.137. The van der Waals surface area contributed by atoms with Crippen LogP contribution in [-0.2, 0) is 12.6 Å². The van der Waals surface area contributed by atoms with Gasteiger partial charge in [0.05, 0.1) is 5.56 Å². The Balaban J connectivity index is 2.14. The monoisotopic (exact) mass is 366 g/mol. The van der Waals surface area contributed by atoms with Crippen LogP contribution in [0.3, 0.4) is 0 Å². The Bertz CT molecular complexity index is 867. The van der Waals surface area contributed by atoms with Gasteiger partial charge in [-0.3, -0.25) is 0 Å². The molecule has 0 bridgehead atoms. The van der Waals surface area contributed by atoms with E-state index in [1.165, 1.54) is 12.1 Å². The Labute approximate surface area is 148 Å². The molecule has 0 aliphatic carbocycles. The van der Waals surface area contributed by atoms with Gasteiger partial charge in [0.1, 0.15) is 0 Å². The molecule has 0 saturated carbocycles. The number of hydrogen-bond donors (Lipinski definition) is 2. The topological polar surface area (TPSA) is 41.8 Å². The lowest BCUT2D eigenvalue weighted by Gasteiger charge is -2.08. The average Bonchev–Trinajstić information content (AvgIpc) is 2.93. The predicted molar refractivity (Wildman–Crippen MR) is 95.7 cm³/mol. The molecular formula is C19H18ClF3N2. The fourth-order valence-electron chi connectivity index (χ4n) is 2.99. The molecule has 0 aliphatic rings. The molecule has 2 aromatic carbocycles. The normalized spacial score (nSPS) is 12.0. The summed E-state index contributed by atoms with van der Waals surface area (Å²) in [5, 5.41) is 1.22. The summed E-state index contributed by atoms with van der Waals surface area (Å²) in [4.78, 5) is 3.26. The molecule has 0 saturated heterocycles. The molecule has 132 valence electrons. The van der Waals surface area contributed by atoms with Crippen molar-refractivity contribution in [2.45, 2.75) is 25.4 Å². The van der Waals surface area contributed by atoms with Crippen LogP contribution in [0.5, 0.6) is 0 Å². The lowest BCUT2D eigenvalue weighted by atomic mass is 9.99. The van der Waals surface area contributed by atoms with Gasteiger partial charge in [0.25, 0.3) is 0 Å². The van der Waals surface area contributed by atoms with Crippen molar-refractivity contribution in [1.82, 2.24) is 4.98 Å². The van der Waals surface area contributed by atoms with Crippen LogP contribution in [0.25, 0.3) is 22.2 Å². The van der Waals surface area contributed by atoms with Gasteiger partial charge >= 0.3 is 6.18 Å². The van der Waals surface area contributed by atoms with Gasteiger partial charge in [0.15, 0.2) is 0 Å². The van der Waals surface area contributed by atoms with Gasteiger partial charge in [-0.25, -0.2) is 0 Å². The van der Waals surface area contributed by atoms with E-state index in [1.807, 2.05) is 12.1 Å². The van der Waals surface area contributed by atoms with Crippen LogP contribution in [0.1, 0.15) is 24.0 Å². The van der Waals surface area contributed by atoms with Crippen molar-refractivity contribution in [3.05, 3.63) is 58.6 Å². The number of alkyl halides is 3. The van der Waals surface area contributed by atoms with Gasteiger partial charge in [0, 0.05) is 21.6 Å². The highest BCUT2D eigenvalue weighted by Gasteiger charge is 2.31. The molecule has 0 amide bonds. The summed E-state index contributed by atoms with van der Waals surface area (Å²) in [6, 6.07) is 11.1. The third kappa shape index (κ3) is 3.83. The molecule has 6 heteroatoms. The number of nitrogens with one attached hydrogen (secondary N) is 1. The second-order valence-electron chi connectivity index (χ2n) is 5.99. The number of rotatable bonds is 5. The van der Waals surface area contributed by atoms with Crippen molar-refractivity contribution in [2.24, 2.45) is 5.73 Å². The number of fused-ring (bicyclic) bond motifs is 1. The van der Waals surface area contributed by atoms with Crippen LogP contribution in [0.4, 0.5) is 13.2 Å². The minimum Gasteiger partial charge on any atom is -0.354 e. The SMILES string of the molecule is NCCCCc1c(-c2ccc(Cl)cc2)[nH]c2ccc(C(F)(F)F)cc12. The van der Waals surface area contributed by atoms with Crippen LogP contribution in [0.2, 0.25) is 5.02 Å². The first-order valence-corrected chi connectivity index (χ1v) is 8.46. The number of nitrogens with two attached hydrogens (primary N) is 1. The maximum Gasteiger partial charge on any atom is 0.416 e. The maximum absolute atomic E-state index is 13.1. The molecule has 3 N–H and O–H groups in total. The van der Waals surface area contributed by atoms with Crippen molar-refractivity contribution >= 4 is 22.5 Å². The minimum absolute atomic E-state index is 0.562. The molecule has 0 radical (unpaired) electrons. The summed E-state index contributed by atoms with van der Waals surface area (Å²) in [5.74, 6) is 0. The zero-order valence-electron chi connectivity index (χ0n) is 13.5. The van der Waals surface area contributed by atoms with Crippen molar-refractivity contribution in [2.75, 3.05) is 6.54 Å². The third-order valence-corrected chi connectivity index (χ3v) is 4.50. The second-order valence-corrected chi connectivity index (χ2v) is 6.43. The van der Waals surface area contributed by atoms with Crippen LogP contribution in [-0.4, -0.2) is 11.5 Å². The van der Waals surface area contributed by atoms with Gasteiger partial charge in [-0.05, 0) is 67.3 Å². The molecule has 0 spiro atoms. The first-order chi connectivity index (χ1) is 11.9. The van der Waals surface area contributed by atoms with E-state index in [0.717, 1.165) is 35.7 Å². The minimum atomic E-state index is -4.36. The van der Waals surface area contributed by atoms with E-state index in [0.29, 0.717) is 28.9 Å². The van der Waals surface area contributed by atoms with E-state index in [2.05, 4.69) is 4.98 Å². The molecule has 3 aromatic rings. The molecule has 0 fully saturated rings. The van der Waals surface area contributed by atoms with Crippen LogP contribution < -0.4 is 5.73 Å². The Morgan fingerprint density at radius 1 is 1.00 bits per heavy atom. The number of H-pyrrole nitrogens is 1. The van der Waals surface area contributed by atoms with Gasteiger partial charge in [-0.15, -0.1) is 0 Å². The fourth-order valence-corrected chi connectivity index (χ4v) is 3.12. The first-order valence-electron chi connectivity index (χ1n) is 8.08. The highest BCUT2D eigenvalue weighted by Crippen LogP contribution is 2.36. The van der Waals surface area contributed by atoms with E-state index < -0.39 is 11.7 Å². The molecule has 1 aromatic heterocycles. The predicted octanol–water partition coefficient (Wildman–Crippen LogP) is 5.79. The van der Waals surface area contributed by atoms with Crippen molar-refractivity contribution < 1.29 is 13.2 Å². The molecule has 0 atom stereocenters. The largest absolute Gasteiger partial charge is 0.416 e. The maximum atomic E-state index is 13.1. The van der Waals surface area contributed by atoms with Crippen LogP contribution in [0.15, 0.2) is 42.5 Å². The second kappa shape index (κ2) is 7.10. The molecule has 25 heavy (non-hydrogen) atoms. The third-order valence-electron chi connectivity index (χ3n) is 4.25. The highest BCUT2D eigenvalue weighted by molar-refractivity contribution is 6.30. The van der Waals surface area contributed by atoms with Crippen LogP contribution in [0, 0.1) is 0 Å². The zero-order chi connectivity index (χ0) is 18.0. The Hall–Kier alpha value is -1.98. The molecule has 2 nitrogen and oxygen atoms in total. The number of halogens is 4. The molecule has 3 rings (SSSR count). The van der Waals surface area contributed by atoms with Gasteiger partial charge in [-0.2, -0.15) is 13.2 Å². The van der Waals surface area contributed by atoms with Crippen molar-refractivity contribution in [1.29, 1.82) is 0 Å². The van der Waals surface area contributed by atoms with Gasteiger partial charge < -0.3 is 10.7 Å². The van der Waals surface area contributed by atoms with Crippen molar-refractivity contribution in [3.8, 4) is 11.3 Å². The summed E-state index contributed by atoms with van der Waals surface area (Å²) in [6.07, 6.45) is -2.05. The summed E-state index contributed by atoms with van der Waals surface area (Å²) in [5.41, 5.74) is 8.24. The number of aromatic amines is 1. The molecule has 0 aliphatic heterocycles. The van der Waals surface area contributed by atoms with Gasteiger partial charge in [0.2, 0.25) is 0 Å². The summed E-state index contributed by atoms with van der Waals surface area (Å²) >= 11 is 5.94. The Morgan fingerprint density at radius 3 is 2.36 bits per heavy atom. The summed E-state index contributed by atoms with van der Waals surface area (Å²) in [6.45, 7) is 0.562. The van der Waals surface area contributed by atoms with E-state index in [9.17, 15) is 13.2 Å². The first kappa shape index (κ1) is 17.8. The average molecular weight is 367 g/mol. The fraction of sp³-hybridized carbons (Fsp3) is 0.263. The summed E-state index contributed by atoms with van der Waals surface area (Å²) < 4.78 is 39.3. The van der Waals surface area contributed by atoms with E-state index in [4.69, 9.17) is 17.3 Å². The Morgan fingerprint density at radius 2 is 1.72 bits per heavy atom.